The maximum absolute atomic E-state index is 14.7. The van der Waals surface area contributed by atoms with Crippen LogP contribution in [-0.2, 0) is 35.2 Å². The maximum Gasteiger partial charge on any atom is 0.285 e. The molecule has 0 radical (unpaired) electrons. The van der Waals surface area contributed by atoms with E-state index in [0.717, 1.165) is 191 Å². The second-order valence-electron chi connectivity index (χ2n) is 26.7. The number of fused-ring (bicyclic) bond motifs is 28. The van der Waals surface area contributed by atoms with Gasteiger partial charge in [-0.3, -0.25) is 40.5 Å². The number of nitro groups is 4. The summed E-state index contributed by atoms with van der Waals surface area (Å²) >= 11 is 0. The fourth-order valence-electron chi connectivity index (χ4n) is 19.6. The predicted octanol–water partition coefficient (Wildman–Crippen LogP) is 20.0. The van der Waals surface area contributed by atoms with E-state index in [1.165, 1.54) is 0 Å². The number of hydrogen-bond acceptors (Lipinski definition) is 10. The maximum atomic E-state index is 14.7. The second kappa shape index (κ2) is 18.9. The Labute approximate surface area is 497 Å². The normalized spacial score (nSPS) is 22.0. The van der Waals surface area contributed by atoms with Gasteiger partial charge < -0.3 is 9.47 Å². The van der Waals surface area contributed by atoms with Crippen LogP contribution in [0.2, 0.25) is 0 Å². The second-order valence-corrected chi connectivity index (χ2v) is 26.7. The quantitative estimate of drug-likeness (QED) is 0.0319. The fourth-order valence-corrected chi connectivity index (χ4v) is 19.6. The average molecular weight is 1150 g/mol. The van der Waals surface area contributed by atoms with Gasteiger partial charge in [-0.25, -0.2) is 0 Å². The average Bonchev–Trinajstić information content (AvgIpc) is 1.49. The first-order chi connectivity index (χ1) is 41.9. The van der Waals surface area contributed by atoms with Crippen molar-refractivity contribution in [3.05, 3.63) is 156 Å². The summed E-state index contributed by atoms with van der Waals surface area (Å²) in [7, 11) is 0. The van der Waals surface area contributed by atoms with Crippen molar-refractivity contribution in [2.45, 2.75) is 204 Å². The summed E-state index contributed by atoms with van der Waals surface area (Å²) in [5, 5.41) is 63.7. The third-order valence-corrected chi connectivity index (χ3v) is 22.6. The predicted molar refractivity (Wildman–Crippen MR) is 334 cm³/mol. The zero-order valence-electron chi connectivity index (χ0n) is 49.3. The molecule has 4 aliphatic carbocycles. The first kappa shape index (κ1) is 52.6. The molecule has 8 aromatic carbocycles. The lowest BCUT2D eigenvalue weighted by atomic mass is 9.69. The third-order valence-electron chi connectivity index (χ3n) is 22.6. The van der Waals surface area contributed by atoms with E-state index in [1.54, 1.807) is 12.1 Å². The van der Waals surface area contributed by atoms with E-state index in [1.807, 2.05) is 12.1 Å². The molecule has 14 nitrogen and oxygen atoms in total. The lowest BCUT2D eigenvalue weighted by Gasteiger charge is -2.31. The van der Waals surface area contributed by atoms with Crippen molar-refractivity contribution in [3.8, 4) is 44.5 Å². The number of hydrogen-bond donors (Lipinski definition) is 0. The number of ether oxygens (including phenoxy) is 2. The molecule has 4 bridgehead atoms. The molecule has 0 saturated carbocycles. The summed E-state index contributed by atoms with van der Waals surface area (Å²) < 4.78 is 14.9. The minimum absolute atomic E-state index is 0.0117. The van der Waals surface area contributed by atoms with E-state index in [9.17, 15) is 40.5 Å². The molecular formula is C72H68N4O10. The number of aryl methyl sites for hydroxylation is 4. The highest BCUT2D eigenvalue weighted by atomic mass is 16.6. The molecule has 4 aliphatic heterocycles. The number of nitro benzene ring substituents is 4. The van der Waals surface area contributed by atoms with Gasteiger partial charge in [-0.05, 0) is 185 Å². The molecule has 16 rings (SSSR count). The first-order valence-corrected chi connectivity index (χ1v) is 32.5. The van der Waals surface area contributed by atoms with Crippen molar-refractivity contribution in [1.82, 2.24) is 0 Å². The van der Waals surface area contributed by atoms with Gasteiger partial charge in [-0.1, -0.05) is 129 Å². The van der Waals surface area contributed by atoms with Crippen LogP contribution in [0.15, 0.2) is 48.5 Å². The van der Waals surface area contributed by atoms with Gasteiger partial charge >= 0.3 is 0 Å². The minimum atomic E-state index is -0.667. The summed E-state index contributed by atoms with van der Waals surface area (Å²) in [5.41, 5.74) is 15.6. The summed E-state index contributed by atoms with van der Waals surface area (Å²) in [6.45, 7) is 8.69. The molecule has 0 amide bonds. The number of unbranched alkanes of at least 4 members (excludes halogenated alkanes) is 12. The Morgan fingerprint density at radius 3 is 1.05 bits per heavy atom. The molecule has 0 aromatic heterocycles. The summed E-state index contributed by atoms with van der Waals surface area (Å²) in [5.74, 6) is -1.70. The molecule has 0 N–H and O–H groups in total. The largest absolute Gasteiger partial charge is 0.364 e. The van der Waals surface area contributed by atoms with Crippen molar-refractivity contribution < 1.29 is 29.2 Å². The minimum Gasteiger partial charge on any atom is -0.364 e. The molecule has 0 unspecified atom stereocenters. The van der Waals surface area contributed by atoms with Gasteiger partial charge in [0.25, 0.3) is 22.7 Å². The topological polar surface area (TPSA) is 191 Å². The molecule has 86 heavy (non-hydrogen) atoms. The SMILES string of the molecule is CCCCCCc1c2c3c(CCCCCC)c4c([N+](=O)[O-])c5c(cc14)-c1cc([N+](=O)[O-])c4c6c(ccc-5c16)[C@@H]1[C@H]4[C@H]4O[C@@H]1c1c4c(CCCCCC)c4c([N+](=O)[O-])c5c(cc4c1CCCCCC)-c1cc([N+](=O)[O-])c4c6c(ccc-5c16)[C@H]1[C@@H]4[C@@H]3O[C@@H]21. The van der Waals surface area contributed by atoms with Crippen LogP contribution >= 0.6 is 0 Å². The van der Waals surface area contributed by atoms with Gasteiger partial charge in [0.15, 0.2) is 0 Å². The first-order valence-electron chi connectivity index (χ1n) is 32.5. The monoisotopic (exact) mass is 1150 g/mol. The molecule has 4 heterocycles. The zero-order chi connectivity index (χ0) is 58.6. The highest BCUT2D eigenvalue weighted by Crippen LogP contribution is 2.77. The van der Waals surface area contributed by atoms with Crippen LogP contribution in [0.1, 0.15) is 245 Å². The van der Waals surface area contributed by atoms with Crippen LogP contribution in [0.25, 0.3) is 87.6 Å². The molecule has 2 fully saturated rings. The van der Waals surface area contributed by atoms with Crippen LogP contribution in [0.4, 0.5) is 22.7 Å². The summed E-state index contributed by atoms with van der Waals surface area (Å²) in [6, 6.07) is 16.0. The van der Waals surface area contributed by atoms with Gasteiger partial charge in [0, 0.05) is 46.9 Å². The van der Waals surface area contributed by atoms with Crippen molar-refractivity contribution in [1.29, 1.82) is 0 Å². The van der Waals surface area contributed by atoms with Crippen molar-refractivity contribution in [2.24, 2.45) is 0 Å². The molecule has 8 atom stereocenters. The van der Waals surface area contributed by atoms with Gasteiger partial charge in [0.1, 0.15) is 0 Å². The Morgan fingerprint density at radius 2 is 0.698 bits per heavy atom. The Kier molecular flexibility index (Phi) is 11.6. The molecule has 8 aliphatic rings. The summed E-state index contributed by atoms with van der Waals surface area (Å²) in [4.78, 5) is 56.9. The number of nitrogens with zero attached hydrogens (tertiary/aromatic N) is 4. The van der Waals surface area contributed by atoms with Crippen LogP contribution < -0.4 is 0 Å². The van der Waals surface area contributed by atoms with E-state index < -0.39 is 36.3 Å². The van der Waals surface area contributed by atoms with Gasteiger partial charge in [0.05, 0.1) is 66.0 Å². The van der Waals surface area contributed by atoms with E-state index in [2.05, 4.69) is 52.0 Å². The van der Waals surface area contributed by atoms with Gasteiger partial charge in [-0.15, -0.1) is 0 Å². The zero-order valence-corrected chi connectivity index (χ0v) is 49.3. The molecule has 2 saturated heterocycles. The summed E-state index contributed by atoms with van der Waals surface area (Å²) in [6.07, 6.45) is 14.8. The van der Waals surface area contributed by atoms with Crippen LogP contribution in [0.3, 0.4) is 0 Å². The van der Waals surface area contributed by atoms with Crippen molar-refractivity contribution >= 4 is 65.8 Å². The molecule has 14 heteroatoms. The standard InChI is InChI=1S/C72H68N4O10/c1-5-9-13-17-21-33-41-29-43-45-31-47(73(77)78)64-56-40-28-26-37(49(45)56)53(43)67(75(81)82)51(41)35(23-19-15-11-7-3)59-57(33)69-61-39-27-25-38-50-46(32-48(74(79)80)63(55(39)50)65(61)71(59)85-69)44-30-42-34(22-18-14-10-6-2)58-60(72-66(64)62(40)70(58)86-72)36(24-20-16-12-8-4)52(42)68(54(38)44)76(83)84/h25-32,61-62,65-66,69-72H,5-24H2,1-4H3/t61-,62+,65-,66+,69-,70+,71+,72-. The van der Waals surface area contributed by atoms with Crippen molar-refractivity contribution in [3.63, 3.8) is 0 Å². The van der Waals surface area contributed by atoms with Gasteiger partial charge in [0.2, 0.25) is 0 Å². The highest BCUT2D eigenvalue weighted by molar-refractivity contribution is 6.26. The lowest BCUT2D eigenvalue weighted by Crippen LogP contribution is -2.20. The van der Waals surface area contributed by atoms with E-state index in [0.29, 0.717) is 92.1 Å². The van der Waals surface area contributed by atoms with Crippen LogP contribution in [-0.4, -0.2) is 19.7 Å². The Morgan fingerprint density at radius 1 is 0.349 bits per heavy atom. The van der Waals surface area contributed by atoms with E-state index in [-0.39, 0.29) is 54.3 Å². The molecular weight excluding hydrogens is 1080 g/mol. The fraction of sp³-hybridized carbons (Fsp3) is 0.444. The molecule has 0 spiro atoms. The van der Waals surface area contributed by atoms with E-state index >= 15 is 0 Å². The Balaban J connectivity index is 1.06. The van der Waals surface area contributed by atoms with Crippen LogP contribution in [0.5, 0.6) is 0 Å². The molecule has 436 valence electrons. The lowest BCUT2D eigenvalue weighted by molar-refractivity contribution is -0.385. The van der Waals surface area contributed by atoms with Crippen LogP contribution in [0, 0.1) is 40.5 Å². The van der Waals surface area contributed by atoms with Crippen molar-refractivity contribution in [2.75, 3.05) is 0 Å². The smallest absolute Gasteiger partial charge is 0.285 e. The molecule has 8 aromatic rings. The number of benzene rings is 8. The Hall–Kier alpha value is -7.68. The third kappa shape index (κ3) is 6.49. The van der Waals surface area contributed by atoms with Gasteiger partial charge in [-0.2, -0.15) is 0 Å². The highest BCUT2D eigenvalue weighted by Gasteiger charge is 2.63. The Bertz CT molecular complexity index is 4240. The number of rotatable bonds is 24. The van der Waals surface area contributed by atoms with E-state index in [4.69, 9.17) is 9.47 Å².